The topological polar surface area (TPSA) is 63.6 Å². The van der Waals surface area contributed by atoms with Gasteiger partial charge in [-0.1, -0.05) is 64.7 Å². The number of allylic oxidation sites excluding steroid dienone is 2. The summed E-state index contributed by atoms with van der Waals surface area (Å²) >= 11 is 0. The first-order valence-corrected chi connectivity index (χ1v) is 9.76. The van der Waals surface area contributed by atoms with Crippen molar-refractivity contribution in [1.29, 1.82) is 0 Å². The van der Waals surface area contributed by atoms with Crippen molar-refractivity contribution >= 4 is 11.9 Å². The fourth-order valence-electron chi connectivity index (χ4n) is 2.79. The van der Waals surface area contributed by atoms with Gasteiger partial charge in [-0.25, -0.2) is 9.59 Å². The molecule has 0 aromatic rings. The van der Waals surface area contributed by atoms with Gasteiger partial charge in [0.2, 0.25) is 5.60 Å². The zero-order valence-corrected chi connectivity index (χ0v) is 16.1. The second-order valence-corrected chi connectivity index (χ2v) is 6.55. The lowest BCUT2D eigenvalue weighted by Crippen LogP contribution is -2.42. The van der Waals surface area contributed by atoms with Gasteiger partial charge in [0.15, 0.2) is 0 Å². The molecule has 4 nitrogen and oxygen atoms in total. The molecular formula is C21H36O4. The fourth-order valence-corrected chi connectivity index (χ4v) is 2.79. The lowest BCUT2D eigenvalue weighted by Gasteiger charge is -2.27. The van der Waals surface area contributed by atoms with Crippen LogP contribution in [0.4, 0.5) is 0 Å². The maximum absolute atomic E-state index is 11.5. The van der Waals surface area contributed by atoms with Crippen molar-refractivity contribution in [2.24, 2.45) is 0 Å². The van der Waals surface area contributed by atoms with Crippen molar-refractivity contribution in [3.63, 3.8) is 0 Å². The van der Waals surface area contributed by atoms with Crippen molar-refractivity contribution in [2.45, 2.75) is 96.5 Å². The van der Waals surface area contributed by atoms with E-state index in [9.17, 15) is 14.7 Å². The molecule has 0 aliphatic heterocycles. The Morgan fingerprint density at radius 2 is 1.52 bits per heavy atom. The Morgan fingerprint density at radius 3 is 2.00 bits per heavy atom. The quantitative estimate of drug-likeness (QED) is 0.165. The third kappa shape index (κ3) is 10.8. The second-order valence-electron chi connectivity index (χ2n) is 6.55. The molecule has 0 aliphatic rings. The van der Waals surface area contributed by atoms with Gasteiger partial charge in [-0.05, 0) is 44.9 Å². The highest BCUT2D eigenvalue weighted by Crippen LogP contribution is 2.25. The molecule has 1 unspecified atom stereocenters. The number of unbranched alkanes of at least 4 members (excludes halogenated alkanes) is 8. The lowest BCUT2D eigenvalue weighted by atomic mass is 9.92. The Labute approximate surface area is 153 Å². The Kier molecular flexibility index (Phi) is 13.8. The average molecular weight is 353 g/mol. The average Bonchev–Trinajstić information content (AvgIpc) is 2.61. The summed E-state index contributed by atoms with van der Waals surface area (Å²) in [6.07, 6.45) is 17.5. The van der Waals surface area contributed by atoms with Gasteiger partial charge in [0.1, 0.15) is 0 Å². The van der Waals surface area contributed by atoms with E-state index in [0.29, 0.717) is 6.42 Å². The van der Waals surface area contributed by atoms with Crippen LogP contribution in [-0.4, -0.2) is 22.6 Å². The SMILES string of the molecule is C=CC(=O)OC(CC)(CCCCCC/C=C\CCCCCC)C(=O)O. The summed E-state index contributed by atoms with van der Waals surface area (Å²) in [7, 11) is 0. The standard InChI is InChI=1S/C21H36O4/c1-4-7-8-9-10-11-12-13-14-15-16-17-18-21(6-3,20(23)24)25-19(22)5-2/h5,11-12H,2,4,6-10,13-18H2,1,3H3,(H,23,24)/b12-11-. The van der Waals surface area contributed by atoms with Gasteiger partial charge in [-0.3, -0.25) is 0 Å². The van der Waals surface area contributed by atoms with Crippen molar-refractivity contribution in [1.82, 2.24) is 0 Å². The zero-order valence-electron chi connectivity index (χ0n) is 16.1. The van der Waals surface area contributed by atoms with Crippen molar-refractivity contribution in [3.8, 4) is 0 Å². The van der Waals surface area contributed by atoms with E-state index in [-0.39, 0.29) is 6.42 Å². The maximum Gasteiger partial charge on any atom is 0.348 e. The van der Waals surface area contributed by atoms with Crippen LogP contribution in [0.3, 0.4) is 0 Å². The first-order valence-electron chi connectivity index (χ1n) is 9.76. The van der Waals surface area contributed by atoms with Crippen molar-refractivity contribution < 1.29 is 19.4 Å². The van der Waals surface area contributed by atoms with E-state index in [1.807, 2.05) is 0 Å². The summed E-state index contributed by atoms with van der Waals surface area (Å²) in [5.74, 6) is -1.75. The first-order chi connectivity index (χ1) is 12.0. The van der Waals surface area contributed by atoms with Crippen LogP contribution in [0.1, 0.15) is 90.9 Å². The highest BCUT2D eigenvalue weighted by Gasteiger charge is 2.39. The van der Waals surface area contributed by atoms with Gasteiger partial charge in [-0.2, -0.15) is 0 Å². The smallest absolute Gasteiger partial charge is 0.348 e. The van der Waals surface area contributed by atoms with E-state index in [1.54, 1.807) is 6.92 Å². The fraction of sp³-hybridized carbons (Fsp3) is 0.714. The molecule has 0 aromatic heterocycles. The van der Waals surface area contributed by atoms with Gasteiger partial charge in [0, 0.05) is 6.08 Å². The van der Waals surface area contributed by atoms with Crippen molar-refractivity contribution in [3.05, 3.63) is 24.8 Å². The van der Waals surface area contributed by atoms with E-state index < -0.39 is 17.5 Å². The largest absolute Gasteiger partial charge is 0.478 e. The van der Waals surface area contributed by atoms with Crippen LogP contribution in [0.5, 0.6) is 0 Å². The minimum absolute atomic E-state index is 0.267. The number of carbonyl (C=O) groups excluding carboxylic acids is 1. The molecule has 1 N–H and O–H groups in total. The summed E-state index contributed by atoms with van der Waals surface area (Å²) in [5.41, 5.74) is -1.41. The first kappa shape index (κ1) is 23.4. The number of hydrogen-bond donors (Lipinski definition) is 1. The summed E-state index contributed by atoms with van der Waals surface area (Å²) in [5, 5.41) is 9.42. The number of carboxylic acid groups (broad SMARTS) is 1. The van der Waals surface area contributed by atoms with Gasteiger partial charge >= 0.3 is 11.9 Å². The number of carboxylic acids is 1. The molecule has 144 valence electrons. The Hall–Kier alpha value is -1.58. The molecule has 0 saturated carbocycles. The maximum atomic E-state index is 11.5. The number of aliphatic carboxylic acids is 1. The molecule has 0 fully saturated rings. The molecule has 0 radical (unpaired) electrons. The molecule has 0 aromatic carbocycles. The van der Waals surface area contributed by atoms with E-state index in [4.69, 9.17) is 4.74 Å². The number of carbonyl (C=O) groups is 2. The van der Waals surface area contributed by atoms with Crippen LogP contribution in [0.15, 0.2) is 24.8 Å². The second kappa shape index (κ2) is 14.7. The molecular weight excluding hydrogens is 316 g/mol. The summed E-state index contributed by atoms with van der Waals surface area (Å²) < 4.78 is 5.13. The van der Waals surface area contributed by atoms with Crippen LogP contribution < -0.4 is 0 Å². The predicted molar refractivity (Wildman–Crippen MR) is 103 cm³/mol. The number of esters is 1. The number of hydrogen-bond acceptors (Lipinski definition) is 3. The van der Waals surface area contributed by atoms with Crippen LogP contribution in [0, 0.1) is 0 Å². The minimum atomic E-state index is -1.41. The highest BCUT2D eigenvalue weighted by molar-refractivity contribution is 5.86. The lowest BCUT2D eigenvalue weighted by molar-refractivity contribution is -0.177. The zero-order chi connectivity index (χ0) is 19.0. The molecule has 0 saturated heterocycles. The third-order valence-corrected chi connectivity index (χ3v) is 4.52. The van der Waals surface area contributed by atoms with E-state index in [2.05, 4.69) is 25.7 Å². The molecule has 0 bridgehead atoms. The van der Waals surface area contributed by atoms with E-state index >= 15 is 0 Å². The molecule has 1 atom stereocenters. The summed E-state index contributed by atoms with van der Waals surface area (Å²) in [6, 6.07) is 0. The van der Waals surface area contributed by atoms with E-state index in [0.717, 1.165) is 38.2 Å². The molecule has 0 aliphatic carbocycles. The third-order valence-electron chi connectivity index (χ3n) is 4.52. The summed E-state index contributed by atoms with van der Waals surface area (Å²) in [4.78, 5) is 22.9. The Bertz CT molecular complexity index is 414. The van der Waals surface area contributed by atoms with Gasteiger partial charge in [0.05, 0.1) is 0 Å². The van der Waals surface area contributed by atoms with Gasteiger partial charge in [0.25, 0.3) is 0 Å². The monoisotopic (exact) mass is 352 g/mol. The Balaban J connectivity index is 3.92. The van der Waals surface area contributed by atoms with Crippen LogP contribution in [0.25, 0.3) is 0 Å². The molecule has 0 heterocycles. The van der Waals surface area contributed by atoms with Crippen LogP contribution >= 0.6 is 0 Å². The van der Waals surface area contributed by atoms with Gasteiger partial charge < -0.3 is 9.84 Å². The van der Waals surface area contributed by atoms with Crippen molar-refractivity contribution in [2.75, 3.05) is 0 Å². The van der Waals surface area contributed by atoms with Crippen LogP contribution in [-0.2, 0) is 14.3 Å². The number of ether oxygens (including phenoxy) is 1. The molecule has 25 heavy (non-hydrogen) atoms. The Morgan fingerprint density at radius 1 is 0.960 bits per heavy atom. The molecule has 0 spiro atoms. The molecule has 4 heteroatoms. The molecule has 0 amide bonds. The molecule has 0 rings (SSSR count). The minimum Gasteiger partial charge on any atom is -0.478 e. The normalized spacial score (nSPS) is 13.5. The number of rotatable bonds is 16. The predicted octanol–water partition coefficient (Wildman–Crippen LogP) is 5.82. The van der Waals surface area contributed by atoms with Crippen LogP contribution in [0.2, 0.25) is 0 Å². The highest BCUT2D eigenvalue weighted by atomic mass is 16.6. The van der Waals surface area contributed by atoms with Gasteiger partial charge in [-0.15, -0.1) is 0 Å². The van der Waals surface area contributed by atoms with E-state index in [1.165, 1.54) is 32.1 Å². The summed E-state index contributed by atoms with van der Waals surface area (Å²) in [6.45, 7) is 7.28.